The highest BCUT2D eigenvalue weighted by atomic mass is 32.1. The van der Waals surface area contributed by atoms with Gasteiger partial charge in [0.25, 0.3) is 0 Å². The highest BCUT2D eigenvalue weighted by Crippen LogP contribution is 2.34. The maximum absolute atomic E-state index is 11.4. The standard InChI is InChI=1S/C15H13N3O3S2/c1-15(2,13(20)21)18-12(19)10(23-14(18)22)7-11-16-8-5-3-4-6-9(8)17-11/h3-7,19H,1-2H3,(H,20,21). The number of nitrogens with zero attached hydrogens (tertiary/aromatic N) is 3. The Morgan fingerprint density at radius 2 is 1.87 bits per heavy atom. The summed E-state index contributed by atoms with van der Waals surface area (Å²) in [5.74, 6) is -0.831. The summed E-state index contributed by atoms with van der Waals surface area (Å²) < 4.78 is 1.50. The number of para-hydroxylation sites is 2. The molecule has 1 aromatic heterocycles. The molecule has 0 radical (unpaired) electrons. The van der Waals surface area contributed by atoms with E-state index in [1.165, 1.54) is 18.4 Å². The summed E-state index contributed by atoms with van der Waals surface area (Å²) in [4.78, 5) is 20.5. The molecule has 0 fully saturated rings. The van der Waals surface area contributed by atoms with Crippen LogP contribution in [0.15, 0.2) is 40.1 Å². The summed E-state index contributed by atoms with van der Waals surface area (Å²) in [6, 6.07) is 7.43. The molecule has 1 aromatic carbocycles. The zero-order valence-corrected chi connectivity index (χ0v) is 14.0. The lowest BCUT2D eigenvalue weighted by atomic mass is 10.1. The van der Waals surface area contributed by atoms with E-state index < -0.39 is 11.5 Å². The molecule has 0 unspecified atom stereocenters. The molecular formula is C15H13N3O3S2. The molecule has 0 bridgehead atoms. The number of rotatable bonds is 3. The Morgan fingerprint density at radius 3 is 2.39 bits per heavy atom. The second-order valence-corrected chi connectivity index (χ2v) is 7.15. The number of aromatic nitrogens is 1. The summed E-state index contributed by atoms with van der Waals surface area (Å²) in [5.41, 5.74) is -1.35. The number of carboxylic acids is 1. The summed E-state index contributed by atoms with van der Waals surface area (Å²) in [5, 5.41) is 21.2. The maximum Gasteiger partial charge on any atom is 0.329 e. The molecule has 2 N–H and O–H groups in total. The van der Waals surface area contributed by atoms with Gasteiger partial charge in [-0.15, -0.1) is 11.3 Å². The molecule has 0 spiro atoms. The van der Waals surface area contributed by atoms with Crippen molar-refractivity contribution in [3.8, 4) is 5.88 Å². The number of aromatic hydroxyl groups is 1. The van der Waals surface area contributed by atoms with Gasteiger partial charge < -0.3 is 10.2 Å². The van der Waals surface area contributed by atoms with Crippen molar-refractivity contribution >= 4 is 35.6 Å². The van der Waals surface area contributed by atoms with Crippen LogP contribution in [0.4, 0.5) is 0 Å². The van der Waals surface area contributed by atoms with Gasteiger partial charge in [0.05, 0.1) is 15.6 Å². The van der Waals surface area contributed by atoms with Gasteiger partial charge in [-0.1, -0.05) is 12.1 Å². The van der Waals surface area contributed by atoms with Gasteiger partial charge in [0.1, 0.15) is 5.54 Å². The average Bonchev–Trinajstić information content (AvgIpc) is 2.99. The summed E-state index contributed by atoms with van der Waals surface area (Å²) in [7, 11) is 0. The van der Waals surface area contributed by atoms with Crippen LogP contribution >= 0.6 is 23.6 Å². The Kier molecular flexibility index (Phi) is 3.65. The molecule has 118 valence electrons. The third-order valence-electron chi connectivity index (χ3n) is 3.51. The summed E-state index contributed by atoms with van der Waals surface area (Å²) in [6.07, 6.45) is 1.60. The zero-order valence-electron chi connectivity index (χ0n) is 12.3. The van der Waals surface area contributed by atoms with E-state index in [4.69, 9.17) is 12.2 Å². The number of fused-ring (bicyclic) bond motifs is 1. The van der Waals surface area contributed by atoms with Gasteiger partial charge in [0.15, 0.2) is 9.78 Å². The molecular weight excluding hydrogens is 334 g/mol. The lowest BCUT2D eigenvalue weighted by Gasteiger charge is -2.21. The summed E-state index contributed by atoms with van der Waals surface area (Å²) in [6.45, 7) is 2.96. The van der Waals surface area contributed by atoms with Crippen LogP contribution in [0, 0.1) is 3.95 Å². The molecule has 0 aliphatic carbocycles. The Hall–Kier alpha value is -2.32. The predicted octanol–water partition coefficient (Wildman–Crippen LogP) is 2.06. The minimum absolute atomic E-state index is 0.193. The van der Waals surface area contributed by atoms with Crippen LogP contribution in [0.25, 0.3) is 6.08 Å². The molecule has 0 saturated carbocycles. The number of thiazole rings is 1. The Labute approximate surface area is 140 Å². The van der Waals surface area contributed by atoms with Crippen LogP contribution in [-0.2, 0) is 10.3 Å². The largest absolute Gasteiger partial charge is 0.493 e. The Morgan fingerprint density at radius 1 is 1.30 bits per heavy atom. The van der Waals surface area contributed by atoms with Crippen LogP contribution in [-0.4, -0.2) is 20.7 Å². The van der Waals surface area contributed by atoms with E-state index in [0.29, 0.717) is 10.7 Å². The van der Waals surface area contributed by atoms with Crippen molar-refractivity contribution < 1.29 is 15.0 Å². The van der Waals surface area contributed by atoms with Gasteiger partial charge in [-0.25, -0.2) is 14.8 Å². The third kappa shape index (κ3) is 2.60. The van der Waals surface area contributed by atoms with Crippen molar-refractivity contribution in [3.63, 3.8) is 0 Å². The van der Waals surface area contributed by atoms with Crippen molar-refractivity contribution in [1.82, 2.24) is 4.57 Å². The van der Waals surface area contributed by atoms with E-state index in [9.17, 15) is 15.0 Å². The molecule has 8 heteroatoms. The highest BCUT2D eigenvalue weighted by molar-refractivity contribution is 7.73. The number of benzene rings is 1. The fraction of sp³-hybridized carbons (Fsp3) is 0.200. The van der Waals surface area contributed by atoms with Gasteiger partial charge >= 0.3 is 5.97 Å². The fourth-order valence-electron chi connectivity index (χ4n) is 2.17. The lowest BCUT2D eigenvalue weighted by molar-refractivity contribution is -0.145. The van der Waals surface area contributed by atoms with Gasteiger partial charge in [0, 0.05) is 6.08 Å². The average molecular weight is 347 g/mol. The van der Waals surface area contributed by atoms with Crippen molar-refractivity contribution in [2.24, 2.45) is 9.98 Å². The first-order valence-electron chi connectivity index (χ1n) is 6.73. The number of aliphatic carboxylic acids is 1. The Balaban J connectivity index is 2.11. The SMILES string of the molecule is CC(C)(C(=O)O)n1c(O)c(C=C2N=c3ccccc3=N2)sc1=S. The van der Waals surface area contributed by atoms with Crippen LogP contribution in [0.2, 0.25) is 0 Å². The van der Waals surface area contributed by atoms with E-state index in [1.807, 2.05) is 24.3 Å². The van der Waals surface area contributed by atoms with E-state index in [0.717, 1.165) is 22.1 Å². The normalized spacial score (nSPS) is 13.2. The van der Waals surface area contributed by atoms with Crippen molar-refractivity contribution in [1.29, 1.82) is 0 Å². The minimum Gasteiger partial charge on any atom is -0.493 e. The van der Waals surface area contributed by atoms with Gasteiger partial charge in [-0.05, 0) is 38.2 Å². The zero-order chi connectivity index (χ0) is 16.8. The quantitative estimate of drug-likeness (QED) is 0.832. The van der Waals surface area contributed by atoms with Crippen molar-refractivity contribution in [2.75, 3.05) is 0 Å². The van der Waals surface area contributed by atoms with Crippen molar-refractivity contribution in [2.45, 2.75) is 19.4 Å². The van der Waals surface area contributed by atoms with Crippen LogP contribution < -0.4 is 10.7 Å². The minimum atomic E-state index is -1.35. The molecule has 6 nitrogen and oxygen atoms in total. The number of carbonyl (C=O) groups is 1. The van der Waals surface area contributed by atoms with Gasteiger partial charge in [-0.3, -0.25) is 4.57 Å². The molecule has 1 aliphatic heterocycles. The van der Waals surface area contributed by atoms with Gasteiger partial charge in [-0.2, -0.15) is 0 Å². The number of carboxylic acid groups (broad SMARTS) is 1. The van der Waals surface area contributed by atoms with Crippen molar-refractivity contribution in [3.05, 3.63) is 49.6 Å². The molecule has 23 heavy (non-hydrogen) atoms. The first-order valence-corrected chi connectivity index (χ1v) is 7.96. The molecule has 0 amide bonds. The number of hydrogen-bond acceptors (Lipinski definition) is 6. The molecule has 2 heterocycles. The molecule has 0 atom stereocenters. The van der Waals surface area contributed by atoms with E-state index in [2.05, 4.69) is 9.98 Å². The second kappa shape index (κ2) is 5.39. The first kappa shape index (κ1) is 15.6. The molecule has 0 saturated heterocycles. The smallest absolute Gasteiger partial charge is 0.329 e. The van der Waals surface area contributed by atoms with E-state index in [-0.39, 0.29) is 9.83 Å². The predicted molar refractivity (Wildman–Crippen MR) is 88.5 cm³/mol. The van der Waals surface area contributed by atoms with E-state index >= 15 is 0 Å². The first-order chi connectivity index (χ1) is 10.8. The third-order valence-corrected chi connectivity index (χ3v) is 4.82. The molecule has 2 aromatic rings. The van der Waals surface area contributed by atoms with E-state index in [1.54, 1.807) is 6.08 Å². The van der Waals surface area contributed by atoms with Crippen LogP contribution in [0.5, 0.6) is 5.88 Å². The summed E-state index contributed by atoms with van der Waals surface area (Å²) >= 11 is 6.32. The lowest BCUT2D eigenvalue weighted by Crippen LogP contribution is -2.35. The monoisotopic (exact) mass is 347 g/mol. The fourth-order valence-corrected chi connectivity index (χ4v) is 3.70. The molecule has 3 rings (SSSR count). The van der Waals surface area contributed by atoms with Gasteiger partial charge in [0.2, 0.25) is 5.88 Å². The number of hydrogen-bond donors (Lipinski definition) is 2. The van der Waals surface area contributed by atoms with Crippen LogP contribution in [0.1, 0.15) is 18.7 Å². The second-order valence-electron chi connectivity index (χ2n) is 5.47. The maximum atomic E-state index is 11.4. The Bertz CT molecular complexity index is 978. The molecule has 1 aliphatic rings. The highest BCUT2D eigenvalue weighted by Gasteiger charge is 2.33. The van der Waals surface area contributed by atoms with Crippen LogP contribution in [0.3, 0.4) is 0 Å². The topological polar surface area (TPSA) is 87.2 Å².